The Hall–Kier alpha value is -1.61. The van der Waals surface area contributed by atoms with Crippen LogP contribution < -0.4 is 0 Å². The maximum Gasteiger partial charge on any atom is 0.330 e. The van der Waals surface area contributed by atoms with Crippen LogP contribution in [0.4, 0.5) is 0 Å². The molecule has 2 unspecified atom stereocenters. The highest BCUT2D eigenvalue weighted by molar-refractivity contribution is 5.83. The predicted octanol–water partition coefficient (Wildman–Crippen LogP) is 4.89. The zero-order valence-corrected chi connectivity index (χ0v) is 16.3. The molecule has 1 N–H and O–H groups in total. The topological polar surface area (TPSA) is 46.5 Å². The predicted molar refractivity (Wildman–Crippen MR) is 102 cm³/mol. The Morgan fingerprint density at radius 2 is 2.08 bits per heavy atom. The molecule has 138 valence electrons. The lowest BCUT2D eigenvalue weighted by atomic mass is 9.73. The van der Waals surface area contributed by atoms with Crippen LogP contribution in [-0.4, -0.2) is 23.8 Å². The summed E-state index contributed by atoms with van der Waals surface area (Å²) in [5.74, 6) is 0.0915. The van der Waals surface area contributed by atoms with Crippen molar-refractivity contribution < 1.29 is 14.6 Å². The van der Waals surface area contributed by atoms with Crippen LogP contribution in [0.5, 0.6) is 0 Å². The van der Waals surface area contributed by atoms with Crippen LogP contribution in [-0.2, 0) is 9.53 Å². The van der Waals surface area contributed by atoms with Gasteiger partial charge in [0.1, 0.15) is 0 Å². The number of allylic oxidation sites excluding steroid dienone is 6. The van der Waals surface area contributed by atoms with E-state index < -0.39 is 0 Å². The minimum atomic E-state index is -0.302. The number of rotatable bonds is 5. The summed E-state index contributed by atoms with van der Waals surface area (Å²) < 4.78 is 4.91. The number of hydrogen-bond acceptors (Lipinski definition) is 3. The zero-order chi connectivity index (χ0) is 18.6. The van der Waals surface area contributed by atoms with E-state index in [0.717, 1.165) is 31.3 Å². The van der Waals surface area contributed by atoms with Crippen molar-refractivity contribution in [3.63, 3.8) is 0 Å². The molecule has 0 fully saturated rings. The first-order chi connectivity index (χ1) is 11.7. The molecule has 0 bridgehead atoms. The molecule has 0 saturated heterocycles. The van der Waals surface area contributed by atoms with E-state index in [1.54, 1.807) is 6.92 Å². The Balaban J connectivity index is 2.03. The second kappa shape index (κ2) is 8.18. The first-order valence-electron chi connectivity index (χ1n) is 9.35. The van der Waals surface area contributed by atoms with E-state index in [2.05, 4.69) is 26.8 Å². The van der Waals surface area contributed by atoms with Gasteiger partial charge < -0.3 is 9.84 Å². The number of aliphatic hydroxyl groups is 1. The normalized spacial score (nSPS) is 27.0. The van der Waals surface area contributed by atoms with Crippen molar-refractivity contribution in [1.29, 1.82) is 0 Å². The summed E-state index contributed by atoms with van der Waals surface area (Å²) in [6.07, 6.45) is 11.3. The van der Waals surface area contributed by atoms with E-state index in [-0.39, 0.29) is 17.5 Å². The van der Waals surface area contributed by atoms with Crippen LogP contribution in [0.2, 0.25) is 0 Å². The van der Waals surface area contributed by atoms with Gasteiger partial charge in [0, 0.05) is 6.08 Å². The van der Waals surface area contributed by atoms with Crippen molar-refractivity contribution in [2.45, 2.75) is 66.4 Å². The van der Waals surface area contributed by atoms with Crippen molar-refractivity contribution in [2.24, 2.45) is 11.3 Å². The maximum atomic E-state index is 11.4. The van der Waals surface area contributed by atoms with E-state index in [1.807, 2.05) is 19.1 Å². The van der Waals surface area contributed by atoms with Crippen LogP contribution in [0.1, 0.15) is 60.3 Å². The highest BCUT2D eigenvalue weighted by Crippen LogP contribution is 2.51. The molecule has 3 heteroatoms. The quantitative estimate of drug-likeness (QED) is 0.334. The summed E-state index contributed by atoms with van der Waals surface area (Å²) >= 11 is 0. The first kappa shape index (κ1) is 19.7. The minimum absolute atomic E-state index is 0.226. The van der Waals surface area contributed by atoms with E-state index in [4.69, 9.17) is 4.74 Å². The van der Waals surface area contributed by atoms with Gasteiger partial charge in [-0.05, 0) is 68.9 Å². The maximum absolute atomic E-state index is 11.4. The third-order valence-corrected chi connectivity index (χ3v) is 5.58. The largest absolute Gasteiger partial charge is 0.463 e. The molecular formula is C22H32O3. The molecule has 2 atom stereocenters. The monoisotopic (exact) mass is 344 g/mol. The molecule has 0 radical (unpaired) electrons. The molecule has 0 amide bonds. The molecule has 0 heterocycles. The number of carbonyl (C=O) groups is 1. The number of carbonyl (C=O) groups excluding carboxylic acids is 1. The molecular weight excluding hydrogens is 312 g/mol. The summed E-state index contributed by atoms with van der Waals surface area (Å²) in [6.45, 7) is 10.8. The SMILES string of the molecule is CCOC(=O)/C=C(C)/C=C/C=C(/C)C1CC2=C(CCC2(C)C)C(O)C1. The van der Waals surface area contributed by atoms with Gasteiger partial charge in [-0.15, -0.1) is 0 Å². The lowest BCUT2D eigenvalue weighted by Gasteiger charge is -2.33. The second-order valence-electron chi connectivity index (χ2n) is 7.95. The van der Waals surface area contributed by atoms with E-state index >= 15 is 0 Å². The lowest BCUT2D eigenvalue weighted by molar-refractivity contribution is -0.137. The molecule has 0 spiro atoms. The minimum Gasteiger partial charge on any atom is -0.463 e. The van der Waals surface area contributed by atoms with Gasteiger partial charge in [0.15, 0.2) is 0 Å². The van der Waals surface area contributed by atoms with Crippen LogP contribution in [0.25, 0.3) is 0 Å². The molecule has 0 aliphatic heterocycles. The Morgan fingerprint density at radius 1 is 1.36 bits per heavy atom. The van der Waals surface area contributed by atoms with Crippen LogP contribution in [0, 0.1) is 11.3 Å². The van der Waals surface area contributed by atoms with Crippen LogP contribution >= 0.6 is 0 Å². The van der Waals surface area contributed by atoms with Gasteiger partial charge in [-0.25, -0.2) is 4.79 Å². The van der Waals surface area contributed by atoms with E-state index in [1.165, 1.54) is 22.8 Å². The van der Waals surface area contributed by atoms with E-state index in [9.17, 15) is 9.90 Å². The molecule has 0 saturated carbocycles. The average molecular weight is 344 g/mol. The highest BCUT2D eigenvalue weighted by atomic mass is 16.5. The van der Waals surface area contributed by atoms with Gasteiger partial charge in [-0.1, -0.05) is 43.2 Å². The fourth-order valence-electron chi connectivity index (χ4n) is 3.95. The Bertz CT molecular complexity index is 632. The Morgan fingerprint density at radius 3 is 2.76 bits per heavy atom. The van der Waals surface area contributed by atoms with Gasteiger partial charge in [0.2, 0.25) is 0 Å². The molecule has 0 aromatic rings. The summed E-state index contributed by atoms with van der Waals surface area (Å²) in [6, 6.07) is 0. The number of esters is 1. The summed E-state index contributed by atoms with van der Waals surface area (Å²) in [5, 5.41) is 10.5. The van der Waals surface area contributed by atoms with Crippen molar-refractivity contribution in [2.75, 3.05) is 6.61 Å². The zero-order valence-electron chi connectivity index (χ0n) is 16.3. The molecule has 2 aliphatic rings. The van der Waals surface area contributed by atoms with Crippen molar-refractivity contribution in [3.05, 3.63) is 46.6 Å². The van der Waals surface area contributed by atoms with Crippen molar-refractivity contribution >= 4 is 5.97 Å². The molecule has 3 nitrogen and oxygen atoms in total. The molecule has 2 rings (SSSR count). The molecule has 2 aliphatic carbocycles. The lowest BCUT2D eigenvalue weighted by Crippen LogP contribution is -2.25. The Kier molecular flexibility index (Phi) is 6.45. The van der Waals surface area contributed by atoms with Crippen molar-refractivity contribution in [3.8, 4) is 0 Å². The smallest absolute Gasteiger partial charge is 0.330 e. The van der Waals surface area contributed by atoms with Gasteiger partial charge in [0.25, 0.3) is 0 Å². The Labute approximate surface area is 152 Å². The highest BCUT2D eigenvalue weighted by Gasteiger charge is 2.39. The summed E-state index contributed by atoms with van der Waals surface area (Å²) in [7, 11) is 0. The summed E-state index contributed by atoms with van der Waals surface area (Å²) in [4.78, 5) is 11.4. The molecule has 25 heavy (non-hydrogen) atoms. The standard InChI is InChI=1S/C22H32O3/c1-6-25-21(24)12-15(2)8-7-9-16(3)17-13-19-18(20(23)14-17)10-11-22(19,4)5/h7-9,12,17,20,23H,6,10-11,13-14H2,1-5H3/b8-7+,15-12+,16-9-. The number of hydrogen-bond donors (Lipinski definition) is 1. The average Bonchev–Trinajstić information content (AvgIpc) is 2.83. The van der Waals surface area contributed by atoms with Gasteiger partial charge in [0.05, 0.1) is 12.7 Å². The summed E-state index contributed by atoms with van der Waals surface area (Å²) in [5.41, 5.74) is 5.16. The second-order valence-corrected chi connectivity index (χ2v) is 7.95. The van der Waals surface area contributed by atoms with Crippen LogP contribution in [0.15, 0.2) is 46.6 Å². The first-order valence-corrected chi connectivity index (χ1v) is 9.35. The number of aliphatic hydroxyl groups excluding tert-OH is 1. The third kappa shape index (κ3) is 4.94. The molecule has 0 aromatic carbocycles. The molecule has 0 aromatic heterocycles. The van der Waals surface area contributed by atoms with Crippen LogP contribution in [0.3, 0.4) is 0 Å². The van der Waals surface area contributed by atoms with Gasteiger partial charge in [-0.3, -0.25) is 0 Å². The fraction of sp³-hybridized carbons (Fsp3) is 0.591. The van der Waals surface area contributed by atoms with Gasteiger partial charge >= 0.3 is 5.97 Å². The van der Waals surface area contributed by atoms with Gasteiger partial charge in [-0.2, -0.15) is 0 Å². The third-order valence-electron chi connectivity index (χ3n) is 5.58. The van der Waals surface area contributed by atoms with E-state index in [0.29, 0.717) is 12.5 Å². The number of ether oxygens (including phenoxy) is 1. The van der Waals surface area contributed by atoms with Crippen molar-refractivity contribution in [1.82, 2.24) is 0 Å². The fourth-order valence-corrected chi connectivity index (χ4v) is 3.95.